The van der Waals surface area contributed by atoms with E-state index in [0.29, 0.717) is 22.4 Å². The molecule has 0 bridgehead atoms. The second-order valence-electron chi connectivity index (χ2n) is 6.85. The minimum absolute atomic E-state index is 0.00705. The SMILES string of the molecule is O=C(Nc1n[nH]c2nc(-c3cnn4ccccc34)c(F)cc12)C1CCCC1. The second-order valence-corrected chi connectivity index (χ2v) is 6.85. The zero-order valence-corrected chi connectivity index (χ0v) is 14.4. The van der Waals surface area contributed by atoms with Gasteiger partial charge in [0, 0.05) is 17.7 Å². The Balaban J connectivity index is 1.53. The molecule has 0 unspecified atom stereocenters. The topological polar surface area (TPSA) is 88.0 Å². The maximum Gasteiger partial charge on any atom is 0.228 e. The molecule has 4 aromatic rings. The molecule has 4 heterocycles. The van der Waals surface area contributed by atoms with Gasteiger partial charge in [0.15, 0.2) is 17.3 Å². The van der Waals surface area contributed by atoms with Crippen molar-refractivity contribution >= 4 is 28.3 Å². The number of carbonyl (C=O) groups is 1. The third-order valence-electron chi connectivity index (χ3n) is 5.15. The molecule has 0 spiro atoms. The Morgan fingerprint density at radius 3 is 3.00 bits per heavy atom. The summed E-state index contributed by atoms with van der Waals surface area (Å²) in [6, 6.07) is 6.93. The Morgan fingerprint density at radius 1 is 1.30 bits per heavy atom. The summed E-state index contributed by atoms with van der Waals surface area (Å²) in [6.45, 7) is 0. The van der Waals surface area contributed by atoms with Crippen molar-refractivity contribution in [3.63, 3.8) is 0 Å². The van der Waals surface area contributed by atoms with Crippen LogP contribution < -0.4 is 5.32 Å². The van der Waals surface area contributed by atoms with Gasteiger partial charge in [-0.05, 0) is 31.0 Å². The van der Waals surface area contributed by atoms with E-state index < -0.39 is 5.82 Å². The highest BCUT2D eigenvalue weighted by Crippen LogP contribution is 2.31. The zero-order valence-electron chi connectivity index (χ0n) is 14.4. The highest BCUT2D eigenvalue weighted by molar-refractivity contribution is 6.00. The van der Waals surface area contributed by atoms with E-state index in [4.69, 9.17) is 0 Å². The van der Waals surface area contributed by atoms with Crippen LogP contribution in [0.2, 0.25) is 0 Å². The summed E-state index contributed by atoms with van der Waals surface area (Å²) in [4.78, 5) is 16.7. The molecule has 1 aliphatic carbocycles. The number of H-pyrrole nitrogens is 1. The molecule has 1 aliphatic rings. The van der Waals surface area contributed by atoms with Gasteiger partial charge in [0.05, 0.1) is 17.1 Å². The number of aromatic amines is 1. The summed E-state index contributed by atoms with van der Waals surface area (Å²) in [7, 11) is 0. The number of nitrogens with zero attached hydrogens (tertiary/aromatic N) is 4. The predicted molar refractivity (Wildman–Crippen MR) is 98.6 cm³/mol. The van der Waals surface area contributed by atoms with Gasteiger partial charge in [0.2, 0.25) is 5.91 Å². The van der Waals surface area contributed by atoms with Crippen LogP contribution in [0.25, 0.3) is 27.8 Å². The molecule has 136 valence electrons. The van der Waals surface area contributed by atoms with Crippen molar-refractivity contribution in [3.8, 4) is 11.3 Å². The Bertz CT molecular complexity index is 1160. The van der Waals surface area contributed by atoms with Crippen LogP contribution in [0.15, 0.2) is 36.7 Å². The number of anilines is 1. The van der Waals surface area contributed by atoms with Crippen LogP contribution in [-0.4, -0.2) is 30.7 Å². The van der Waals surface area contributed by atoms with E-state index in [2.05, 4.69) is 25.6 Å². The first kappa shape index (κ1) is 15.9. The lowest BCUT2D eigenvalue weighted by Crippen LogP contribution is -2.20. The van der Waals surface area contributed by atoms with Crippen LogP contribution >= 0.6 is 0 Å². The van der Waals surface area contributed by atoms with Gasteiger partial charge in [-0.15, -0.1) is 0 Å². The van der Waals surface area contributed by atoms with Crippen molar-refractivity contribution in [2.45, 2.75) is 25.7 Å². The molecule has 1 fully saturated rings. The number of hydrogen-bond acceptors (Lipinski definition) is 4. The summed E-state index contributed by atoms with van der Waals surface area (Å²) in [6.07, 6.45) is 7.30. The fraction of sp³-hybridized carbons (Fsp3) is 0.263. The highest BCUT2D eigenvalue weighted by Gasteiger charge is 2.24. The number of rotatable bonds is 3. The molecular weight excluding hydrogens is 347 g/mol. The highest BCUT2D eigenvalue weighted by atomic mass is 19.1. The van der Waals surface area contributed by atoms with Gasteiger partial charge in [0.25, 0.3) is 0 Å². The smallest absolute Gasteiger partial charge is 0.228 e. The van der Waals surface area contributed by atoms with E-state index >= 15 is 0 Å². The van der Waals surface area contributed by atoms with E-state index in [-0.39, 0.29) is 17.5 Å². The van der Waals surface area contributed by atoms with Crippen LogP contribution in [0.5, 0.6) is 0 Å². The molecule has 4 aromatic heterocycles. The van der Waals surface area contributed by atoms with Gasteiger partial charge in [-0.25, -0.2) is 13.9 Å². The lowest BCUT2D eigenvalue weighted by Gasteiger charge is -2.08. The number of amides is 1. The maximum absolute atomic E-state index is 14.9. The molecule has 0 atom stereocenters. The first-order valence-corrected chi connectivity index (χ1v) is 8.99. The summed E-state index contributed by atoms with van der Waals surface area (Å²) >= 11 is 0. The predicted octanol–water partition coefficient (Wildman–Crippen LogP) is 3.54. The number of hydrogen-bond donors (Lipinski definition) is 2. The lowest BCUT2D eigenvalue weighted by atomic mass is 10.1. The second kappa shape index (κ2) is 6.15. The van der Waals surface area contributed by atoms with E-state index in [1.807, 2.05) is 18.2 Å². The van der Waals surface area contributed by atoms with Crippen LogP contribution in [0.1, 0.15) is 25.7 Å². The van der Waals surface area contributed by atoms with Gasteiger partial charge >= 0.3 is 0 Å². The van der Waals surface area contributed by atoms with Crippen molar-refractivity contribution in [2.75, 3.05) is 5.32 Å². The summed E-state index contributed by atoms with van der Waals surface area (Å²) < 4.78 is 16.5. The average molecular weight is 364 g/mol. The molecule has 2 N–H and O–H groups in total. The first-order chi connectivity index (χ1) is 13.2. The van der Waals surface area contributed by atoms with Gasteiger partial charge in [-0.3, -0.25) is 9.89 Å². The van der Waals surface area contributed by atoms with Gasteiger partial charge in [-0.2, -0.15) is 10.2 Å². The van der Waals surface area contributed by atoms with E-state index in [0.717, 1.165) is 31.2 Å². The summed E-state index contributed by atoms with van der Waals surface area (Å²) in [5.74, 6) is -0.223. The quantitative estimate of drug-likeness (QED) is 0.582. The van der Waals surface area contributed by atoms with Crippen LogP contribution in [0.3, 0.4) is 0 Å². The minimum atomic E-state index is -0.487. The molecule has 27 heavy (non-hydrogen) atoms. The molecule has 8 heteroatoms. The van der Waals surface area contributed by atoms with Crippen molar-refractivity contribution in [1.29, 1.82) is 0 Å². The van der Waals surface area contributed by atoms with Crippen LogP contribution in [-0.2, 0) is 4.79 Å². The number of pyridine rings is 2. The summed E-state index contributed by atoms with van der Waals surface area (Å²) in [5, 5.41) is 14.4. The molecule has 1 saturated carbocycles. The molecule has 5 rings (SSSR count). The number of carbonyl (C=O) groups excluding carboxylic acids is 1. The molecule has 0 saturated heterocycles. The summed E-state index contributed by atoms with van der Waals surface area (Å²) in [5.41, 5.74) is 1.98. The lowest BCUT2D eigenvalue weighted by molar-refractivity contribution is -0.119. The third-order valence-corrected chi connectivity index (χ3v) is 5.15. The van der Waals surface area contributed by atoms with E-state index in [1.54, 1.807) is 16.9 Å². The van der Waals surface area contributed by atoms with Crippen molar-refractivity contribution in [2.24, 2.45) is 5.92 Å². The maximum atomic E-state index is 14.9. The van der Waals surface area contributed by atoms with E-state index in [9.17, 15) is 9.18 Å². The minimum Gasteiger partial charge on any atom is -0.308 e. The fourth-order valence-corrected chi connectivity index (χ4v) is 3.73. The van der Waals surface area contributed by atoms with Gasteiger partial charge < -0.3 is 5.32 Å². The molecule has 0 radical (unpaired) electrons. The van der Waals surface area contributed by atoms with Crippen molar-refractivity contribution < 1.29 is 9.18 Å². The number of nitrogens with one attached hydrogen (secondary N) is 2. The standard InChI is InChI=1S/C19H17FN6O/c20-14-9-12-17(24-25-18(12)23-19(27)11-5-1-2-6-11)22-16(14)13-10-21-26-8-4-3-7-15(13)26/h3-4,7-11H,1-2,5-6H2,(H2,22,23,24,25,27). The largest absolute Gasteiger partial charge is 0.308 e. The molecule has 0 aliphatic heterocycles. The molecular formula is C19H17FN6O. The Morgan fingerprint density at radius 2 is 2.15 bits per heavy atom. The number of halogens is 1. The Hall–Kier alpha value is -3.29. The zero-order chi connectivity index (χ0) is 18.4. The van der Waals surface area contributed by atoms with Gasteiger partial charge in [0.1, 0.15) is 5.69 Å². The first-order valence-electron chi connectivity index (χ1n) is 8.99. The average Bonchev–Trinajstić information content (AvgIpc) is 3.41. The van der Waals surface area contributed by atoms with E-state index in [1.165, 1.54) is 6.07 Å². The normalized spacial score (nSPS) is 15.0. The number of aromatic nitrogens is 5. The Kier molecular flexibility index (Phi) is 3.63. The van der Waals surface area contributed by atoms with Crippen molar-refractivity contribution in [1.82, 2.24) is 24.8 Å². The fourth-order valence-electron chi connectivity index (χ4n) is 3.73. The van der Waals surface area contributed by atoms with Crippen LogP contribution in [0, 0.1) is 11.7 Å². The Labute approximate surface area is 153 Å². The van der Waals surface area contributed by atoms with Crippen molar-refractivity contribution in [3.05, 3.63) is 42.5 Å². The third kappa shape index (κ3) is 2.64. The molecule has 7 nitrogen and oxygen atoms in total. The number of fused-ring (bicyclic) bond motifs is 2. The monoisotopic (exact) mass is 364 g/mol. The molecule has 0 aromatic carbocycles. The van der Waals surface area contributed by atoms with Crippen LogP contribution in [0.4, 0.5) is 10.2 Å². The van der Waals surface area contributed by atoms with Gasteiger partial charge in [-0.1, -0.05) is 18.9 Å². The molecule has 1 amide bonds.